The summed E-state index contributed by atoms with van der Waals surface area (Å²) in [6.07, 6.45) is 2.46. The molecule has 0 bridgehead atoms. The van der Waals surface area contributed by atoms with Crippen molar-refractivity contribution in [3.05, 3.63) is 114 Å². The van der Waals surface area contributed by atoms with Gasteiger partial charge in [-0.25, -0.2) is 4.79 Å². The second-order valence-electron chi connectivity index (χ2n) is 13.7. The van der Waals surface area contributed by atoms with Crippen molar-refractivity contribution >= 4 is 34.6 Å². The minimum Gasteiger partial charge on any atom is -0.445 e. The largest absolute Gasteiger partial charge is 0.445 e. The first-order chi connectivity index (χ1) is 25.6. The second-order valence-corrected chi connectivity index (χ2v) is 13.7. The smallest absolute Gasteiger partial charge is 0.408 e. The number of nitrogens with zero attached hydrogens (tertiary/aromatic N) is 1. The number of carbonyl (C=O) groups is 4. The van der Waals surface area contributed by atoms with Gasteiger partial charge < -0.3 is 31.1 Å². The van der Waals surface area contributed by atoms with Gasteiger partial charge in [0.1, 0.15) is 18.7 Å². The Kier molecular flexibility index (Phi) is 16.3. The van der Waals surface area contributed by atoms with Crippen LogP contribution in [0.25, 0.3) is 10.8 Å². The molecular weight excluding hydrogens is 670 g/mol. The first-order valence-electron chi connectivity index (χ1n) is 18.5. The summed E-state index contributed by atoms with van der Waals surface area (Å²) < 4.78 is 5.47. The lowest BCUT2D eigenvalue weighted by molar-refractivity contribution is -0.131. The molecule has 4 aromatic rings. The Morgan fingerprint density at radius 1 is 0.811 bits per heavy atom. The van der Waals surface area contributed by atoms with Crippen LogP contribution >= 0.6 is 0 Å². The van der Waals surface area contributed by atoms with Gasteiger partial charge in [-0.3, -0.25) is 19.4 Å². The van der Waals surface area contributed by atoms with Crippen LogP contribution < -0.4 is 21.3 Å². The number of carbonyl (C=O) groups excluding carboxylic acids is 4. The van der Waals surface area contributed by atoms with E-state index in [1.807, 2.05) is 112 Å². The first-order valence-corrected chi connectivity index (χ1v) is 18.5. The molecule has 4 amide bonds. The summed E-state index contributed by atoms with van der Waals surface area (Å²) in [5, 5.41) is 24.5. The Labute approximate surface area is 312 Å². The number of ether oxygens (including phenoxy) is 1. The van der Waals surface area contributed by atoms with Crippen molar-refractivity contribution in [1.29, 1.82) is 0 Å². The fraction of sp³-hybridized carbons (Fsp3) is 0.405. The minimum absolute atomic E-state index is 0.0264. The zero-order valence-electron chi connectivity index (χ0n) is 30.9. The number of hydrogen-bond acceptors (Lipinski definition) is 7. The number of nitrogens with one attached hydrogen (secondary N) is 4. The molecule has 0 saturated carbocycles. The SMILES string of the molecule is CCCC[C@H](NC(=O)[C@H](Cc1cccc2ccccc12)NC(=O)OCc1ccccc1)C(=O)N[C@@H](CC(C)C)[C@@H](O)CC(=O)NCCc1ccccn1. The summed E-state index contributed by atoms with van der Waals surface area (Å²) in [6, 6.07) is 25.7. The van der Waals surface area contributed by atoms with E-state index in [-0.39, 0.29) is 31.3 Å². The van der Waals surface area contributed by atoms with Crippen molar-refractivity contribution in [2.45, 2.75) is 96.6 Å². The van der Waals surface area contributed by atoms with Gasteiger partial charge in [-0.1, -0.05) is 112 Å². The number of aliphatic hydroxyl groups excluding tert-OH is 1. The van der Waals surface area contributed by atoms with Crippen molar-refractivity contribution in [3.63, 3.8) is 0 Å². The summed E-state index contributed by atoms with van der Waals surface area (Å²) in [5.41, 5.74) is 2.49. The van der Waals surface area contributed by atoms with Crippen LogP contribution in [0.1, 0.15) is 69.7 Å². The maximum atomic E-state index is 14.0. The number of unbranched alkanes of at least 4 members (excludes halogenated alkanes) is 1. The molecular formula is C42H53N5O6. The number of aliphatic hydroxyl groups is 1. The summed E-state index contributed by atoms with van der Waals surface area (Å²) in [5.74, 6) is -1.25. The number of fused-ring (bicyclic) bond motifs is 1. The molecule has 0 unspecified atom stereocenters. The number of benzene rings is 3. The highest BCUT2D eigenvalue weighted by Gasteiger charge is 2.31. The second kappa shape index (κ2) is 21.3. The van der Waals surface area contributed by atoms with Gasteiger partial charge >= 0.3 is 6.09 Å². The monoisotopic (exact) mass is 723 g/mol. The van der Waals surface area contributed by atoms with E-state index in [1.165, 1.54) is 0 Å². The Morgan fingerprint density at radius 2 is 1.53 bits per heavy atom. The zero-order chi connectivity index (χ0) is 38.0. The molecule has 0 aliphatic carbocycles. The molecule has 0 fully saturated rings. The highest BCUT2D eigenvalue weighted by Crippen LogP contribution is 2.20. The summed E-state index contributed by atoms with van der Waals surface area (Å²) in [6.45, 7) is 6.31. The van der Waals surface area contributed by atoms with E-state index in [2.05, 4.69) is 26.3 Å². The molecule has 53 heavy (non-hydrogen) atoms. The van der Waals surface area contributed by atoms with E-state index < -0.39 is 42.1 Å². The van der Waals surface area contributed by atoms with Gasteiger partial charge in [-0.15, -0.1) is 0 Å². The van der Waals surface area contributed by atoms with E-state index in [4.69, 9.17) is 4.74 Å². The molecule has 3 aromatic carbocycles. The van der Waals surface area contributed by atoms with Crippen LogP contribution in [0.5, 0.6) is 0 Å². The van der Waals surface area contributed by atoms with Gasteiger partial charge in [0.15, 0.2) is 0 Å². The van der Waals surface area contributed by atoms with Crippen molar-refractivity contribution < 1.29 is 29.0 Å². The molecule has 5 N–H and O–H groups in total. The summed E-state index contributed by atoms with van der Waals surface area (Å²) in [4.78, 5) is 58.0. The zero-order valence-corrected chi connectivity index (χ0v) is 30.9. The van der Waals surface area contributed by atoms with E-state index in [0.29, 0.717) is 32.2 Å². The van der Waals surface area contributed by atoms with Crippen LogP contribution in [0.15, 0.2) is 97.2 Å². The van der Waals surface area contributed by atoms with Crippen LogP contribution in [-0.2, 0) is 38.6 Å². The quantitative estimate of drug-likeness (QED) is 0.0818. The van der Waals surface area contributed by atoms with Gasteiger partial charge in [0, 0.05) is 31.3 Å². The highest BCUT2D eigenvalue weighted by atomic mass is 16.5. The van der Waals surface area contributed by atoms with Gasteiger partial charge in [0.2, 0.25) is 17.7 Å². The average Bonchev–Trinajstić information content (AvgIpc) is 3.15. The number of alkyl carbamates (subject to hydrolysis) is 1. The topological polar surface area (TPSA) is 159 Å². The fourth-order valence-corrected chi connectivity index (χ4v) is 6.14. The third-order valence-electron chi connectivity index (χ3n) is 8.95. The third kappa shape index (κ3) is 13.6. The van der Waals surface area contributed by atoms with E-state index in [0.717, 1.165) is 34.0 Å². The molecule has 0 radical (unpaired) electrons. The van der Waals surface area contributed by atoms with Crippen molar-refractivity contribution in [1.82, 2.24) is 26.3 Å². The fourth-order valence-electron chi connectivity index (χ4n) is 6.14. The van der Waals surface area contributed by atoms with E-state index in [1.54, 1.807) is 6.20 Å². The molecule has 4 rings (SSSR count). The van der Waals surface area contributed by atoms with E-state index in [9.17, 15) is 24.3 Å². The van der Waals surface area contributed by atoms with Crippen LogP contribution in [0.4, 0.5) is 4.79 Å². The van der Waals surface area contributed by atoms with Crippen LogP contribution in [0.3, 0.4) is 0 Å². The molecule has 282 valence electrons. The van der Waals surface area contributed by atoms with Crippen LogP contribution in [0, 0.1) is 5.92 Å². The lowest BCUT2D eigenvalue weighted by atomic mass is 9.96. The van der Waals surface area contributed by atoms with E-state index >= 15 is 0 Å². The van der Waals surface area contributed by atoms with Gasteiger partial charge in [-0.2, -0.15) is 0 Å². The maximum absolute atomic E-state index is 14.0. The average molecular weight is 724 g/mol. The molecule has 4 atom stereocenters. The summed E-state index contributed by atoms with van der Waals surface area (Å²) in [7, 11) is 0. The highest BCUT2D eigenvalue weighted by molar-refractivity contribution is 5.92. The molecule has 0 aliphatic rings. The lowest BCUT2D eigenvalue weighted by Gasteiger charge is -2.29. The Hall–Kier alpha value is -5.29. The van der Waals surface area contributed by atoms with Gasteiger partial charge in [-0.05, 0) is 52.8 Å². The van der Waals surface area contributed by atoms with Gasteiger partial charge in [0.05, 0.1) is 18.6 Å². The number of rotatable bonds is 20. The lowest BCUT2D eigenvalue weighted by Crippen LogP contribution is -2.57. The third-order valence-corrected chi connectivity index (χ3v) is 8.95. The molecule has 0 saturated heterocycles. The number of pyridine rings is 1. The van der Waals surface area contributed by atoms with Crippen LogP contribution in [0.2, 0.25) is 0 Å². The van der Waals surface area contributed by atoms with Crippen LogP contribution in [-0.4, -0.2) is 64.7 Å². The molecule has 1 aromatic heterocycles. The molecule has 0 aliphatic heterocycles. The van der Waals surface area contributed by atoms with Crippen molar-refractivity contribution in [2.24, 2.45) is 5.92 Å². The minimum atomic E-state index is -1.15. The van der Waals surface area contributed by atoms with Crippen molar-refractivity contribution in [3.8, 4) is 0 Å². The molecule has 1 heterocycles. The molecule has 11 heteroatoms. The predicted octanol–water partition coefficient (Wildman–Crippen LogP) is 5.39. The number of aromatic nitrogens is 1. The number of amides is 4. The van der Waals surface area contributed by atoms with Gasteiger partial charge in [0.25, 0.3) is 0 Å². The first kappa shape index (κ1) is 40.5. The standard InChI is InChI=1S/C42H53N5O6/c1-4-5-21-35(40(50)46-36(25-29(2)3)38(48)27-39(49)44-24-22-33-19-11-12-23-43-33)45-41(51)37(47-42(52)53-28-30-14-7-6-8-15-30)26-32-18-13-17-31-16-9-10-20-34(31)32/h6-20,23,29,35-38,48H,4-5,21-22,24-28H2,1-3H3,(H,44,49)(H,45,51)(H,46,50)(H,47,52)/t35-,36-,37-,38-/m0/s1. The predicted molar refractivity (Wildman–Crippen MR) is 206 cm³/mol. The number of hydrogen-bond donors (Lipinski definition) is 5. The Morgan fingerprint density at radius 3 is 2.26 bits per heavy atom. The normalized spacial score (nSPS) is 13.4. The summed E-state index contributed by atoms with van der Waals surface area (Å²) >= 11 is 0. The van der Waals surface area contributed by atoms with Crippen molar-refractivity contribution in [2.75, 3.05) is 6.54 Å². The molecule has 0 spiro atoms. The Bertz CT molecular complexity index is 1750. The Balaban J connectivity index is 1.46. The maximum Gasteiger partial charge on any atom is 0.408 e. The molecule has 11 nitrogen and oxygen atoms in total.